The molecule has 0 unspecified atom stereocenters. The second kappa shape index (κ2) is 3.62. The fourth-order valence-electron chi connectivity index (χ4n) is 1.39. The van der Waals surface area contributed by atoms with Crippen molar-refractivity contribution in [3.05, 3.63) is 35.4 Å². The Morgan fingerprint density at radius 3 is 2.86 bits per heavy atom. The molecule has 1 aromatic carbocycles. The van der Waals surface area contributed by atoms with Crippen LogP contribution >= 0.6 is 0 Å². The number of hydrogen-bond acceptors (Lipinski definition) is 3. The zero-order valence-electron chi connectivity index (χ0n) is 7.99. The highest BCUT2D eigenvalue weighted by atomic mass is 16.5. The van der Waals surface area contributed by atoms with Crippen molar-refractivity contribution in [2.75, 3.05) is 6.54 Å². The predicted molar refractivity (Wildman–Crippen MR) is 53.3 cm³/mol. The van der Waals surface area contributed by atoms with Gasteiger partial charge >= 0.3 is 5.97 Å². The summed E-state index contributed by atoms with van der Waals surface area (Å²) in [6, 6.07) is 7.74. The summed E-state index contributed by atoms with van der Waals surface area (Å²) in [5.74, 6) is 0.262. The minimum absolute atomic E-state index is 0.196. The van der Waals surface area contributed by atoms with E-state index in [0.717, 1.165) is 11.1 Å². The largest absolute Gasteiger partial charge is 0.407 e. The molecular weight excluding hydrogens is 178 g/mol. The first kappa shape index (κ1) is 8.94. The molecule has 0 N–H and O–H groups in total. The molecule has 1 aromatic rings. The second-order valence-corrected chi connectivity index (χ2v) is 3.23. The van der Waals surface area contributed by atoms with Crippen molar-refractivity contribution < 1.29 is 9.53 Å². The highest BCUT2D eigenvalue weighted by Gasteiger charge is 2.16. The maximum Gasteiger partial charge on any atom is 0.314 e. The first-order chi connectivity index (χ1) is 6.77. The Morgan fingerprint density at radius 1 is 1.36 bits per heavy atom. The summed E-state index contributed by atoms with van der Waals surface area (Å²) >= 11 is 0. The summed E-state index contributed by atoms with van der Waals surface area (Å²) in [4.78, 5) is 15.2. The standard InChI is InChI=1S/C11H11NO2/c1-8-4-2-3-5-9(8)11-12-7-6-10(13)14-11/h2-5H,6-7H2,1H3. The molecule has 3 heteroatoms. The summed E-state index contributed by atoms with van der Waals surface area (Å²) < 4.78 is 5.06. The van der Waals surface area contributed by atoms with Gasteiger partial charge in [0.1, 0.15) is 0 Å². The fraction of sp³-hybridized carbons (Fsp3) is 0.273. The topological polar surface area (TPSA) is 38.7 Å². The molecule has 0 bridgehead atoms. The summed E-state index contributed by atoms with van der Waals surface area (Å²) in [5.41, 5.74) is 1.97. The van der Waals surface area contributed by atoms with Crippen LogP contribution < -0.4 is 0 Å². The number of ether oxygens (including phenoxy) is 1. The zero-order chi connectivity index (χ0) is 9.97. The lowest BCUT2D eigenvalue weighted by atomic mass is 10.1. The molecule has 0 aromatic heterocycles. The average Bonchev–Trinajstić information content (AvgIpc) is 2.18. The number of aliphatic imine (C=N–C) groups is 1. The molecule has 2 rings (SSSR count). The smallest absolute Gasteiger partial charge is 0.314 e. The van der Waals surface area contributed by atoms with Gasteiger partial charge in [0.05, 0.1) is 13.0 Å². The van der Waals surface area contributed by atoms with E-state index in [9.17, 15) is 4.79 Å². The number of carbonyl (C=O) groups excluding carboxylic acids is 1. The maximum atomic E-state index is 11.1. The van der Waals surface area contributed by atoms with Gasteiger partial charge in [-0.05, 0) is 18.6 Å². The van der Waals surface area contributed by atoms with Crippen LogP contribution in [0.25, 0.3) is 0 Å². The van der Waals surface area contributed by atoms with E-state index in [4.69, 9.17) is 4.74 Å². The van der Waals surface area contributed by atoms with Crippen molar-refractivity contribution in [1.29, 1.82) is 0 Å². The van der Waals surface area contributed by atoms with E-state index in [1.807, 2.05) is 31.2 Å². The number of hydrogen-bond donors (Lipinski definition) is 0. The van der Waals surface area contributed by atoms with Gasteiger partial charge in [-0.1, -0.05) is 18.2 Å². The number of nitrogens with zero attached hydrogens (tertiary/aromatic N) is 1. The highest BCUT2D eigenvalue weighted by molar-refractivity contribution is 6.02. The van der Waals surface area contributed by atoms with E-state index in [1.165, 1.54) is 0 Å². The van der Waals surface area contributed by atoms with Crippen molar-refractivity contribution in [2.24, 2.45) is 4.99 Å². The average molecular weight is 189 g/mol. The van der Waals surface area contributed by atoms with E-state index in [-0.39, 0.29) is 5.97 Å². The summed E-state index contributed by atoms with van der Waals surface area (Å²) in [5, 5.41) is 0. The van der Waals surface area contributed by atoms with Crippen LogP contribution in [0.3, 0.4) is 0 Å². The molecule has 0 aliphatic carbocycles. The molecule has 0 spiro atoms. The maximum absolute atomic E-state index is 11.1. The van der Waals surface area contributed by atoms with Gasteiger partial charge in [-0.15, -0.1) is 0 Å². The van der Waals surface area contributed by atoms with Crippen LogP contribution in [0.1, 0.15) is 17.5 Å². The van der Waals surface area contributed by atoms with Crippen LogP contribution in [0, 0.1) is 6.92 Å². The van der Waals surface area contributed by atoms with Gasteiger partial charge in [-0.3, -0.25) is 9.79 Å². The predicted octanol–water partition coefficient (Wildman–Crippen LogP) is 1.69. The van der Waals surface area contributed by atoms with E-state index in [2.05, 4.69) is 4.99 Å². The van der Waals surface area contributed by atoms with Crippen molar-refractivity contribution >= 4 is 11.9 Å². The molecule has 0 radical (unpaired) electrons. The first-order valence-electron chi connectivity index (χ1n) is 4.58. The highest BCUT2D eigenvalue weighted by Crippen LogP contribution is 2.12. The number of benzene rings is 1. The van der Waals surface area contributed by atoms with Crippen molar-refractivity contribution in [3.8, 4) is 0 Å². The number of carbonyl (C=O) groups is 1. The number of esters is 1. The lowest BCUT2D eigenvalue weighted by Gasteiger charge is -2.13. The third-order valence-electron chi connectivity index (χ3n) is 2.16. The van der Waals surface area contributed by atoms with Crippen LogP contribution in [0.4, 0.5) is 0 Å². The first-order valence-corrected chi connectivity index (χ1v) is 4.58. The van der Waals surface area contributed by atoms with Crippen LogP contribution in [-0.4, -0.2) is 18.4 Å². The lowest BCUT2D eigenvalue weighted by molar-refractivity contribution is -0.135. The van der Waals surface area contributed by atoms with Crippen LogP contribution in [0.5, 0.6) is 0 Å². The molecule has 3 nitrogen and oxygen atoms in total. The Balaban J connectivity index is 2.35. The van der Waals surface area contributed by atoms with Gasteiger partial charge in [-0.25, -0.2) is 0 Å². The van der Waals surface area contributed by atoms with Crippen molar-refractivity contribution in [3.63, 3.8) is 0 Å². The molecule has 0 saturated carbocycles. The Kier molecular flexibility index (Phi) is 2.31. The minimum Gasteiger partial charge on any atom is -0.407 e. The molecule has 1 aliphatic heterocycles. The van der Waals surface area contributed by atoms with Gasteiger partial charge in [0.15, 0.2) is 0 Å². The molecule has 14 heavy (non-hydrogen) atoms. The normalized spacial score (nSPS) is 16.1. The third kappa shape index (κ3) is 1.66. The van der Waals surface area contributed by atoms with E-state index >= 15 is 0 Å². The molecule has 1 aliphatic rings. The number of rotatable bonds is 1. The van der Waals surface area contributed by atoms with Gasteiger partial charge in [0.2, 0.25) is 5.90 Å². The Bertz CT molecular complexity index is 396. The summed E-state index contributed by atoms with van der Waals surface area (Å²) in [6.45, 7) is 2.50. The van der Waals surface area contributed by atoms with Gasteiger partial charge in [0.25, 0.3) is 0 Å². The SMILES string of the molecule is Cc1ccccc1C1=NCCC(=O)O1. The lowest BCUT2D eigenvalue weighted by Crippen LogP contribution is -2.20. The molecular formula is C11H11NO2. The Labute approximate surface area is 82.4 Å². The number of cyclic esters (lactones) is 1. The zero-order valence-corrected chi connectivity index (χ0v) is 7.99. The summed E-state index contributed by atoms with van der Waals surface area (Å²) in [6.07, 6.45) is 0.384. The van der Waals surface area contributed by atoms with E-state index < -0.39 is 0 Å². The third-order valence-corrected chi connectivity index (χ3v) is 2.16. The van der Waals surface area contributed by atoms with Gasteiger partial charge in [-0.2, -0.15) is 0 Å². The monoisotopic (exact) mass is 189 g/mol. The molecule has 1 heterocycles. The molecule has 0 atom stereocenters. The molecule has 0 saturated heterocycles. The van der Waals surface area contributed by atoms with E-state index in [1.54, 1.807) is 0 Å². The van der Waals surface area contributed by atoms with E-state index in [0.29, 0.717) is 18.9 Å². The summed E-state index contributed by atoms with van der Waals surface area (Å²) in [7, 11) is 0. The number of aryl methyl sites for hydroxylation is 1. The molecule has 72 valence electrons. The Hall–Kier alpha value is -1.64. The van der Waals surface area contributed by atoms with Gasteiger partial charge < -0.3 is 4.74 Å². The van der Waals surface area contributed by atoms with Crippen LogP contribution in [0.2, 0.25) is 0 Å². The van der Waals surface area contributed by atoms with Crippen LogP contribution in [-0.2, 0) is 9.53 Å². The quantitative estimate of drug-likeness (QED) is 0.630. The van der Waals surface area contributed by atoms with Crippen LogP contribution in [0.15, 0.2) is 29.3 Å². The Morgan fingerprint density at radius 2 is 2.14 bits per heavy atom. The minimum atomic E-state index is -0.196. The fourth-order valence-corrected chi connectivity index (χ4v) is 1.39. The van der Waals surface area contributed by atoms with Gasteiger partial charge in [0, 0.05) is 5.56 Å². The van der Waals surface area contributed by atoms with Crippen molar-refractivity contribution in [2.45, 2.75) is 13.3 Å². The molecule has 0 amide bonds. The van der Waals surface area contributed by atoms with Crippen molar-refractivity contribution in [1.82, 2.24) is 0 Å². The second-order valence-electron chi connectivity index (χ2n) is 3.23. The molecule has 0 fully saturated rings.